The van der Waals surface area contributed by atoms with Gasteiger partial charge in [-0.1, -0.05) is 11.2 Å². The number of amides is 2. The van der Waals surface area contributed by atoms with Crippen LogP contribution in [-0.4, -0.2) is 39.4 Å². The number of rotatable bonds is 6. The Bertz CT molecular complexity index is 729. The predicted molar refractivity (Wildman–Crippen MR) is 99.8 cm³/mol. The van der Waals surface area contributed by atoms with E-state index in [0.29, 0.717) is 17.3 Å². The summed E-state index contributed by atoms with van der Waals surface area (Å²) in [5, 5.41) is 8.14. The summed E-state index contributed by atoms with van der Waals surface area (Å²) in [5.74, 6) is 1.26. The summed E-state index contributed by atoms with van der Waals surface area (Å²) in [5.41, 5.74) is 0. The minimum atomic E-state index is -0.344. The second-order valence-corrected chi connectivity index (χ2v) is 8.33. The quantitative estimate of drug-likeness (QED) is 0.832. The van der Waals surface area contributed by atoms with Crippen molar-refractivity contribution in [1.82, 2.24) is 10.1 Å². The maximum absolute atomic E-state index is 12.6. The summed E-state index contributed by atoms with van der Waals surface area (Å²) in [7, 11) is 0. The highest BCUT2D eigenvalue weighted by molar-refractivity contribution is 8.01. The Morgan fingerprint density at radius 3 is 3.08 bits per heavy atom. The van der Waals surface area contributed by atoms with Crippen LogP contribution >= 0.6 is 23.1 Å². The lowest BCUT2D eigenvalue weighted by molar-refractivity contribution is -0.129. The molecule has 0 bridgehead atoms. The molecule has 1 aliphatic rings. The molecule has 1 fully saturated rings. The van der Waals surface area contributed by atoms with Crippen LogP contribution < -0.4 is 5.32 Å². The summed E-state index contributed by atoms with van der Waals surface area (Å²) in [6.45, 7) is 4.35. The molecule has 2 atom stereocenters. The van der Waals surface area contributed by atoms with Crippen LogP contribution in [0.4, 0.5) is 5.82 Å². The molecular weight excluding hydrogens is 358 g/mol. The summed E-state index contributed by atoms with van der Waals surface area (Å²) in [4.78, 5) is 27.9. The van der Waals surface area contributed by atoms with Crippen LogP contribution in [0.3, 0.4) is 0 Å². The Morgan fingerprint density at radius 2 is 2.40 bits per heavy atom. The van der Waals surface area contributed by atoms with Crippen LogP contribution in [0, 0.1) is 6.92 Å². The van der Waals surface area contributed by atoms with Crippen molar-refractivity contribution in [2.45, 2.75) is 38.0 Å². The number of hydrogen-bond acceptors (Lipinski definition) is 6. The molecule has 1 saturated heterocycles. The average molecular weight is 380 g/mol. The normalized spacial score (nSPS) is 18.3. The van der Waals surface area contributed by atoms with Crippen molar-refractivity contribution in [2.24, 2.45) is 0 Å². The maximum atomic E-state index is 12.6. The van der Waals surface area contributed by atoms with Gasteiger partial charge in [0.25, 0.3) is 0 Å². The van der Waals surface area contributed by atoms with Crippen molar-refractivity contribution >= 4 is 40.7 Å². The number of carbonyl (C=O) groups is 2. The molecule has 2 unspecified atom stereocenters. The second-order valence-electron chi connectivity index (χ2n) is 6.03. The molecule has 3 rings (SSSR count). The van der Waals surface area contributed by atoms with Gasteiger partial charge in [0.05, 0.1) is 17.0 Å². The first kappa shape index (κ1) is 18.0. The van der Waals surface area contributed by atoms with Crippen LogP contribution in [0.25, 0.3) is 0 Å². The van der Waals surface area contributed by atoms with Gasteiger partial charge in [-0.2, -0.15) is 0 Å². The highest BCUT2D eigenvalue weighted by Gasteiger charge is 2.30. The number of nitrogens with one attached hydrogen (secondary N) is 1. The molecule has 2 amide bonds. The first-order valence-corrected chi connectivity index (χ1v) is 10.2. The zero-order valence-electron chi connectivity index (χ0n) is 14.2. The molecule has 1 aliphatic heterocycles. The lowest BCUT2D eigenvalue weighted by Gasteiger charge is -2.24. The molecule has 25 heavy (non-hydrogen) atoms. The molecule has 0 aliphatic carbocycles. The van der Waals surface area contributed by atoms with Crippen LogP contribution in [0.1, 0.15) is 36.4 Å². The standard InChI is InChI=1S/C17H21N3O3S2/c1-11-9-15(19-23-11)18-17(22)12(2)25-10-16(21)20-7-3-5-13(20)14-6-4-8-24-14/h4,6,8-9,12-13H,3,5,7,10H2,1-2H3,(H,18,19,22). The number of carbonyl (C=O) groups excluding carboxylic acids is 2. The van der Waals surface area contributed by atoms with Crippen LogP contribution in [0.2, 0.25) is 0 Å². The van der Waals surface area contributed by atoms with Crippen molar-refractivity contribution in [2.75, 3.05) is 17.6 Å². The van der Waals surface area contributed by atoms with Gasteiger partial charge in [0.1, 0.15) is 5.76 Å². The predicted octanol–water partition coefficient (Wildman–Crippen LogP) is 3.47. The first-order valence-electron chi connectivity index (χ1n) is 8.23. The molecule has 6 nitrogen and oxygen atoms in total. The number of aromatic nitrogens is 1. The van der Waals surface area contributed by atoms with Crippen LogP contribution in [-0.2, 0) is 9.59 Å². The molecule has 0 aromatic carbocycles. The molecule has 0 saturated carbocycles. The van der Waals surface area contributed by atoms with Gasteiger partial charge in [0.15, 0.2) is 5.82 Å². The van der Waals surface area contributed by atoms with Gasteiger partial charge < -0.3 is 14.7 Å². The molecule has 3 heterocycles. The minimum absolute atomic E-state index is 0.0952. The van der Waals surface area contributed by atoms with Gasteiger partial charge in [0, 0.05) is 17.5 Å². The van der Waals surface area contributed by atoms with Crippen molar-refractivity contribution in [1.29, 1.82) is 0 Å². The zero-order chi connectivity index (χ0) is 17.8. The second kappa shape index (κ2) is 8.05. The number of thioether (sulfide) groups is 1. The molecule has 0 spiro atoms. The van der Waals surface area contributed by atoms with Gasteiger partial charge in [0.2, 0.25) is 11.8 Å². The van der Waals surface area contributed by atoms with Crippen molar-refractivity contribution < 1.29 is 14.1 Å². The first-order chi connectivity index (χ1) is 12.0. The fourth-order valence-electron chi connectivity index (χ4n) is 2.85. The number of aryl methyl sites for hydroxylation is 1. The van der Waals surface area contributed by atoms with E-state index in [4.69, 9.17) is 4.52 Å². The van der Waals surface area contributed by atoms with Crippen LogP contribution in [0.5, 0.6) is 0 Å². The van der Waals surface area contributed by atoms with Gasteiger partial charge in [-0.25, -0.2) is 0 Å². The molecule has 2 aromatic rings. The summed E-state index contributed by atoms with van der Waals surface area (Å²) in [6, 6.07) is 5.96. The third-order valence-corrected chi connectivity index (χ3v) is 6.25. The van der Waals surface area contributed by atoms with E-state index in [0.717, 1.165) is 19.4 Å². The molecule has 8 heteroatoms. The number of likely N-dealkylation sites (tertiary alicyclic amines) is 1. The van der Waals surface area contributed by atoms with E-state index in [2.05, 4.69) is 16.5 Å². The number of nitrogens with zero attached hydrogens (tertiary/aromatic N) is 2. The summed E-state index contributed by atoms with van der Waals surface area (Å²) in [6.07, 6.45) is 2.04. The SMILES string of the molecule is Cc1cc(NC(=O)C(C)SCC(=O)N2CCCC2c2cccs2)no1. The third kappa shape index (κ3) is 4.43. The lowest BCUT2D eigenvalue weighted by atomic mass is 10.2. The minimum Gasteiger partial charge on any atom is -0.360 e. The van der Waals surface area contributed by atoms with Crippen molar-refractivity contribution in [3.63, 3.8) is 0 Å². The number of anilines is 1. The lowest BCUT2D eigenvalue weighted by Crippen LogP contribution is -2.33. The number of thiophene rings is 1. The summed E-state index contributed by atoms with van der Waals surface area (Å²) < 4.78 is 4.93. The molecular formula is C17H21N3O3S2. The Morgan fingerprint density at radius 1 is 1.56 bits per heavy atom. The van der Waals surface area contributed by atoms with Crippen LogP contribution in [0.15, 0.2) is 28.1 Å². The highest BCUT2D eigenvalue weighted by atomic mass is 32.2. The fraction of sp³-hybridized carbons (Fsp3) is 0.471. The Kier molecular flexibility index (Phi) is 5.80. The third-order valence-electron chi connectivity index (χ3n) is 4.15. The van der Waals surface area contributed by atoms with E-state index in [1.807, 2.05) is 16.3 Å². The van der Waals surface area contributed by atoms with E-state index in [9.17, 15) is 9.59 Å². The van der Waals surface area contributed by atoms with Crippen molar-refractivity contribution in [3.05, 3.63) is 34.2 Å². The Labute approximate surface area is 154 Å². The van der Waals surface area contributed by atoms with E-state index in [1.165, 1.54) is 16.6 Å². The van der Waals surface area contributed by atoms with E-state index < -0.39 is 0 Å². The molecule has 1 N–H and O–H groups in total. The van der Waals surface area contributed by atoms with Gasteiger partial charge in [-0.3, -0.25) is 9.59 Å². The number of hydrogen-bond donors (Lipinski definition) is 1. The monoisotopic (exact) mass is 379 g/mol. The zero-order valence-corrected chi connectivity index (χ0v) is 15.9. The van der Waals surface area contributed by atoms with Gasteiger partial charge in [-0.15, -0.1) is 23.1 Å². The maximum Gasteiger partial charge on any atom is 0.238 e. The highest BCUT2D eigenvalue weighted by Crippen LogP contribution is 2.35. The molecule has 134 valence electrons. The van der Waals surface area contributed by atoms with Gasteiger partial charge >= 0.3 is 0 Å². The van der Waals surface area contributed by atoms with E-state index in [1.54, 1.807) is 31.3 Å². The largest absolute Gasteiger partial charge is 0.360 e. The Balaban J connectivity index is 1.50. The average Bonchev–Trinajstić information content (AvgIpc) is 3.32. The molecule has 2 aromatic heterocycles. The Hall–Kier alpha value is -1.80. The topological polar surface area (TPSA) is 75.4 Å². The molecule has 0 radical (unpaired) electrons. The fourth-order valence-corrected chi connectivity index (χ4v) is 4.49. The van der Waals surface area contributed by atoms with Gasteiger partial charge in [-0.05, 0) is 38.1 Å². The van der Waals surface area contributed by atoms with Crippen molar-refractivity contribution in [3.8, 4) is 0 Å². The smallest absolute Gasteiger partial charge is 0.238 e. The summed E-state index contributed by atoms with van der Waals surface area (Å²) >= 11 is 3.04. The van der Waals surface area contributed by atoms with E-state index in [-0.39, 0.29) is 23.1 Å². The van der Waals surface area contributed by atoms with E-state index >= 15 is 0 Å².